The van der Waals surface area contributed by atoms with Crippen LogP contribution in [0, 0.1) is 17.2 Å². The third-order valence-corrected chi connectivity index (χ3v) is 6.47. The summed E-state index contributed by atoms with van der Waals surface area (Å²) in [4.78, 5) is 12.1. The molecule has 1 aromatic rings. The molecule has 0 aromatic heterocycles. The molecule has 1 N–H and O–H groups in total. The molecule has 2 fully saturated rings. The van der Waals surface area contributed by atoms with E-state index in [2.05, 4.69) is 5.32 Å². The van der Waals surface area contributed by atoms with Gasteiger partial charge in [0.15, 0.2) is 0 Å². The molecule has 1 amide bonds. The van der Waals surface area contributed by atoms with E-state index in [1.165, 1.54) is 16.4 Å². The highest BCUT2D eigenvalue weighted by Crippen LogP contribution is 2.43. The number of nitrogens with zero attached hydrogens (tertiary/aromatic N) is 1. The minimum atomic E-state index is -3.69. The van der Waals surface area contributed by atoms with Gasteiger partial charge in [-0.05, 0) is 36.6 Å². The number of hydrogen-bond donors (Lipinski definition) is 1. The Hall–Kier alpha value is -1.47. The van der Waals surface area contributed by atoms with E-state index >= 15 is 0 Å². The average Bonchev–Trinajstić information content (AvgIpc) is 2.97. The third kappa shape index (κ3) is 2.15. The molecule has 2 atom stereocenters. The van der Waals surface area contributed by atoms with E-state index < -0.39 is 21.3 Å². The smallest absolute Gasteiger partial charge is 0.243 e. The quantitative estimate of drug-likeness (QED) is 0.885. The highest BCUT2D eigenvalue weighted by atomic mass is 32.2. The second-order valence-corrected chi connectivity index (χ2v) is 7.75. The highest BCUT2D eigenvalue weighted by molar-refractivity contribution is 7.89. The van der Waals surface area contributed by atoms with Gasteiger partial charge in [-0.3, -0.25) is 4.79 Å². The lowest BCUT2D eigenvalue weighted by molar-refractivity contribution is -0.128. The Kier molecular flexibility index (Phi) is 3.29. The number of carbonyl (C=O) groups is 1. The summed E-state index contributed by atoms with van der Waals surface area (Å²) in [7, 11) is -3.69. The minimum absolute atomic E-state index is 0.0322. The molecule has 2 aliphatic rings. The molecule has 3 rings (SSSR count). The van der Waals surface area contributed by atoms with Crippen molar-refractivity contribution in [2.45, 2.75) is 18.2 Å². The fourth-order valence-corrected chi connectivity index (χ4v) is 4.86. The largest absolute Gasteiger partial charge is 0.356 e. The van der Waals surface area contributed by atoms with Gasteiger partial charge in [-0.1, -0.05) is 6.92 Å². The van der Waals surface area contributed by atoms with Crippen LogP contribution in [0.15, 0.2) is 29.2 Å². The molecule has 7 heteroatoms. The van der Waals surface area contributed by atoms with Gasteiger partial charge < -0.3 is 5.32 Å². The summed E-state index contributed by atoms with van der Waals surface area (Å²) in [5.41, 5.74) is -0.618. The van der Waals surface area contributed by atoms with E-state index in [1.807, 2.05) is 6.92 Å². The van der Waals surface area contributed by atoms with Crippen LogP contribution in [0.3, 0.4) is 0 Å². The number of halogens is 1. The zero-order valence-corrected chi connectivity index (χ0v) is 12.5. The number of rotatable bonds is 2. The van der Waals surface area contributed by atoms with Gasteiger partial charge in [-0.2, -0.15) is 4.31 Å². The first-order valence-corrected chi connectivity index (χ1v) is 8.34. The second kappa shape index (κ2) is 4.78. The predicted octanol–water partition coefficient (Wildman–Crippen LogP) is 0.972. The van der Waals surface area contributed by atoms with Crippen molar-refractivity contribution in [1.29, 1.82) is 0 Å². The summed E-state index contributed by atoms with van der Waals surface area (Å²) in [6, 6.07) is 4.78. The van der Waals surface area contributed by atoms with Crippen molar-refractivity contribution in [1.82, 2.24) is 9.62 Å². The lowest BCUT2D eigenvalue weighted by atomic mass is 9.78. The number of sulfonamides is 1. The van der Waals surface area contributed by atoms with Crippen LogP contribution >= 0.6 is 0 Å². The summed E-state index contributed by atoms with van der Waals surface area (Å²) in [5, 5.41) is 2.79. The molecule has 1 spiro atoms. The maximum atomic E-state index is 12.9. The fraction of sp³-hybridized carbons (Fsp3) is 0.500. The molecule has 2 saturated heterocycles. The first kappa shape index (κ1) is 14.5. The molecular formula is C14H17FN2O3S. The Balaban J connectivity index is 1.91. The number of benzene rings is 1. The standard InChI is InChI=1S/C14H17FN2O3S/c1-10-8-17(9-14(10)6-7-16-13(14)18)21(19,20)12-4-2-11(15)3-5-12/h2-5,10H,6-9H2,1H3,(H,16,18)/t10-,14-/m1/s1. The van der Waals surface area contributed by atoms with Gasteiger partial charge in [0.1, 0.15) is 5.82 Å². The van der Waals surface area contributed by atoms with Gasteiger partial charge in [-0.15, -0.1) is 0 Å². The topological polar surface area (TPSA) is 66.5 Å². The zero-order chi connectivity index (χ0) is 15.3. The molecular weight excluding hydrogens is 295 g/mol. The maximum absolute atomic E-state index is 12.9. The van der Waals surface area contributed by atoms with Crippen molar-refractivity contribution in [2.24, 2.45) is 11.3 Å². The summed E-state index contributed by atoms with van der Waals surface area (Å²) in [5.74, 6) is -0.572. The van der Waals surface area contributed by atoms with Crippen LogP contribution in [0.5, 0.6) is 0 Å². The molecule has 2 heterocycles. The minimum Gasteiger partial charge on any atom is -0.356 e. The van der Waals surface area contributed by atoms with Gasteiger partial charge in [0.05, 0.1) is 10.3 Å². The first-order valence-electron chi connectivity index (χ1n) is 6.90. The lowest BCUT2D eigenvalue weighted by Crippen LogP contribution is -2.38. The Bertz CT molecular complexity index is 674. The molecule has 21 heavy (non-hydrogen) atoms. The highest BCUT2D eigenvalue weighted by Gasteiger charge is 2.54. The zero-order valence-electron chi connectivity index (χ0n) is 11.7. The predicted molar refractivity (Wildman–Crippen MR) is 74.4 cm³/mol. The van der Waals surface area contributed by atoms with Crippen LogP contribution in [0.2, 0.25) is 0 Å². The first-order chi connectivity index (χ1) is 9.86. The molecule has 1 aromatic carbocycles. The SMILES string of the molecule is C[C@@H]1CN(S(=O)(=O)c2ccc(F)cc2)C[C@]12CCNC2=O. The van der Waals surface area contributed by atoms with Crippen molar-refractivity contribution in [3.63, 3.8) is 0 Å². The molecule has 0 unspecified atom stereocenters. The molecule has 0 aliphatic carbocycles. The number of hydrogen-bond acceptors (Lipinski definition) is 3. The lowest BCUT2D eigenvalue weighted by Gasteiger charge is -2.24. The van der Waals surface area contributed by atoms with Gasteiger partial charge in [-0.25, -0.2) is 12.8 Å². The summed E-state index contributed by atoms with van der Waals surface area (Å²) < 4.78 is 39.5. The molecule has 0 radical (unpaired) electrons. The van der Waals surface area contributed by atoms with Crippen molar-refractivity contribution in [3.8, 4) is 0 Å². The number of carbonyl (C=O) groups excluding carboxylic acids is 1. The van der Waals surface area contributed by atoms with Gasteiger partial charge >= 0.3 is 0 Å². The molecule has 5 nitrogen and oxygen atoms in total. The maximum Gasteiger partial charge on any atom is 0.243 e. The Labute approximate surface area is 123 Å². The van der Waals surface area contributed by atoms with E-state index in [0.717, 1.165) is 12.1 Å². The van der Waals surface area contributed by atoms with Crippen LogP contribution in [0.25, 0.3) is 0 Å². The second-order valence-electron chi connectivity index (χ2n) is 5.81. The van der Waals surface area contributed by atoms with Gasteiger partial charge in [0.2, 0.25) is 15.9 Å². The van der Waals surface area contributed by atoms with Crippen molar-refractivity contribution in [2.75, 3.05) is 19.6 Å². The van der Waals surface area contributed by atoms with E-state index in [0.29, 0.717) is 19.5 Å². The van der Waals surface area contributed by atoms with E-state index in [-0.39, 0.29) is 23.3 Å². The van der Waals surface area contributed by atoms with Crippen molar-refractivity contribution < 1.29 is 17.6 Å². The molecule has 0 saturated carbocycles. The van der Waals surface area contributed by atoms with E-state index in [1.54, 1.807) is 0 Å². The third-order valence-electron chi connectivity index (χ3n) is 4.64. The van der Waals surface area contributed by atoms with Crippen LogP contribution in [-0.2, 0) is 14.8 Å². The number of amides is 1. The normalized spacial score (nSPS) is 30.0. The van der Waals surface area contributed by atoms with E-state index in [9.17, 15) is 17.6 Å². The Morgan fingerprint density at radius 1 is 1.33 bits per heavy atom. The van der Waals surface area contributed by atoms with Crippen molar-refractivity contribution >= 4 is 15.9 Å². The summed E-state index contributed by atoms with van der Waals surface area (Å²) >= 11 is 0. The van der Waals surface area contributed by atoms with Crippen LogP contribution in [0.4, 0.5) is 4.39 Å². The van der Waals surface area contributed by atoms with Gasteiger partial charge in [0.25, 0.3) is 0 Å². The monoisotopic (exact) mass is 312 g/mol. The van der Waals surface area contributed by atoms with Crippen LogP contribution in [0.1, 0.15) is 13.3 Å². The van der Waals surface area contributed by atoms with Crippen LogP contribution < -0.4 is 5.32 Å². The van der Waals surface area contributed by atoms with Crippen LogP contribution in [-0.4, -0.2) is 38.3 Å². The number of nitrogens with one attached hydrogen (secondary N) is 1. The summed E-state index contributed by atoms with van der Waals surface area (Å²) in [6.45, 7) is 3.01. The van der Waals surface area contributed by atoms with E-state index in [4.69, 9.17) is 0 Å². The Morgan fingerprint density at radius 2 is 2.00 bits per heavy atom. The summed E-state index contributed by atoms with van der Waals surface area (Å²) in [6.07, 6.45) is 0.655. The molecule has 0 bridgehead atoms. The van der Waals surface area contributed by atoms with Gasteiger partial charge in [0, 0.05) is 19.6 Å². The fourth-order valence-electron chi connectivity index (χ4n) is 3.26. The molecule has 114 valence electrons. The van der Waals surface area contributed by atoms with Crippen molar-refractivity contribution in [3.05, 3.63) is 30.1 Å². The molecule has 2 aliphatic heterocycles. The Morgan fingerprint density at radius 3 is 2.57 bits per heavy atom. The average molecular weight is 312 g/mol.